The van der Waals surface area contributed by atoms with Crippen molar-refractivity contribution in [1.29, 1.82) is 0 Å². The fourth-order valence-electron chi connectivity index (χ4n) is 2.05. The lowest BCUT2D eigenvalue weighted by atomic mass is 10.0. The number of aliphatic hydroxyl groups excluding tert-OH is 2. The van der Waals surface area contributed by atoms with Gasteiger partial charge in [-0.05, 0) is 23.6 Å². The minimum Gasteiger partial charge on any atom is -0.394 e. The van der Waals surface area contributed by atoms with E-state index in [0.717, 1.165) is 23.2 Å². The Labute approximate surface area is 129 Å². The highest BCUT2D eigenvalue weighted by molar-refractivity contribution is 5.90. The second-order valence-electron chi connectivity index (χ2n) is 4.99. The molecule has 0 fully saturated rings. The van der Waals surface area contributed by atoms with Gasteiger partial charge in [0.25, 0.3) is 0 Å². The Morgan fingerprint density at radius 1 is 1.05 bits per heavy atom. The van der Waals surface area contributed by atoms with E-state index in [4.69, 9.17) is 5.11 Å². The van der Waals surface area contributed by atoms with E-state index in [1.165, 1.54) is 0 Å². The number of anilines is 1. The molecule has 1 unspecified atom stereocenters. The Morgan fingerprint density at radius 2 is 1.73 bits per heavy atom. The first kappa shape index (κ1) is 16.0. The number of amides is 2. The van der Waals surface area contributed by atoms with Gasteiger partial charge >= 0.3 is 6.03 Å². The second kappa shape index (κ2) is 8.17. The molecule has 116 valence electrons. The molecule has 0 aliphatic heterocycles. The van der Waals surface area contributed by atoms with E-state index in [9.17, 15) is 9.90 Å². The van der Waals surface area contributed by atoms with Crippen LogP contribution in [0.4, 0.5) is 10.5 Å². The van der Waals surface area contributed by atoms with Gasteiger partial charge in [-0.15, -0.1) is 0 Å². The van der Waals surface area contributed by atoms with Crippen molar-refractivity contribution in [3.05, 3.63) is 65.7 Å². The molecule has 0 saturated heterocycles. The molecule has 0 aromatic heterocycles. The molecule has 5 heteroatoms. The fourth-order valence-corrected chi connectivity index (χ4v) is 2.05. The summed E-state index contributed by atoms with van der Waals surface area (Å²) in [5.74, 6) is 0. The maximum atomic E-state index is 11.8. The van der Waals surface area contributed by atoms with E-state index in [1.54, 1.807) is 0 Å². The van der Waals surface area contributed by atoms with Crippen molar-refractivity contribution in [2.24, 2.45) is 0 Å². The van der Waals surface area contributed by atoms with Crippen LogP contribution >= 0.6 is 0 Å². The maximum absolute atomic E-state index is 11.8. The minimum atomic E-state index is -0.953. The molecule has 2 rings (SSSR count). The molecule has 22 heavy (non-hydrogen) atoms. The van der Waals surface area contributed by atoms with Crippen molar-refractivity contribution in [3.8, 4) is 0 Å². The van der Waals surface area contributed by atoms with Crippen LogP contribution in [0.3, 0.4) is 0 Å². The van der Waals surface area contributed by atoms with Crippen LogP contribution in [0.2, 0.25) is 0 Å². The highest BCUT2D eigenvalue weighted by Crippen LogP contribution is 2.18. The van der Waals surface area contributed by atoms with Gasteiger partial charge in [0.05, 0.1) is 12.7 Å². The number of hydrogen-bond donors (Lipinski definition) is 4. The van der Waals surface area contributed by atoms with Gasteiger partial charge in [0.1, 0.15) is 0 Å². The summed E-state index contributed by atoms with van der Waals surface area (Å²) >= 11 is 0. The summed E-state index contributed by atoms with van der Waals surface area (Å²) in [6.07, 6.45) is -0.235. The van der Waals surface area contributed by atoms with Crippen LogP contribution in [0.1, 0.15) is 11.1 Å². The molecular weight excluding hydrogens is 280 g/mol. The molecule has 0 aliphatic carbocycles. The molecular formula is C17H20N2O3. The molecule has 0 bridgehead atoms. The summed E-state index contributed by atoms with van der Waals surface area (Å²) in [6.45, 7) is -0.381. The maximum Gasteiger partial charge on any atom is 0.319 e. The number of benzene rings is 2. The van der Waals surface area contributed by atoms with Crippen molar-refractivity contribution in [3.63, 3.8) is 0 Å². The van der Waals surface area contributed by atoms with Gasteiger partial charge in [0, 0.05) is 12.2 Å². The van der Waals surface area contributed by atoms with Crippen LogP contribution in [0.25, 0.3) is 0 Å². The number of urea groups is 1. The van der Waals surface area contributed by atoms with Crippen LogP contribution in [0, 0.1) is 0 Å². The third-order valence-electron chi connectivity index (χ3n) is 3.21. The third-order valence-corrected chi connectivity index (χ3v) is 3.21. The predicted octanol–water partition coefficient (Wildman–Crippen LogP) is 1.75. The zero-order valence-corrected chi connectivity index (χ0v) is 12.2. The first-order chi connectivity index (χ1) is 10.7. The monoisotopic (exact) mass is 300 g/mol. The lowest BCUT2D eigenvalue weighted by Crippen LogP contribution is -2.36. The van der Waals surface area contributed by atoms with Crippen LogP contribution in [0.15, 0.2) is 54.6 Å². The van der Waals surface area contributed by atoms with Gasteiger partial charge in [0.2, 0.25) is 0 Å². The predicted molar refractivity (Wildman–Crippen MR) is 85.8 cm³/mol. The van der Waals surface area contributed by atoms with E-state index in [1.807, 2.05) is 54.6 Å². The fraction of sp³-hybridized carbons (Fsp3) is 0.235. The molecule has 0 aliphatic rings. The second-order valence-corrected chi connectivity index (χ2v) is 4.99. The summed E-state index contributed by atoms with van der Waals surface area (Å²) < 4.78 is 0. The molecule has 2 aromatic rings. The minimum absolute atomic E-state index is 0.00316. The van der Waals surface area contributed by atoms with Crippen molar-refractivity contribution in [2.45, 2.75) is 12.5 Å². The number of carbonyl (C=O) groups excluding carboxylic acids is 1. The smallest absolute Gasteiger partial charge is 0.319 e. The lowest BCUT2D eigenvalue weighted by Gasteiger charge is -2.13. The Kier molecular flexibility index (Phi) is 5.94. The molecule has 5 nitrogen and oxygen atoms in total. The summed E-state index contributed by atoms with van der Waals surface area (Å²) in [5.41, 5.74) is 2.89. The first-order valence-corrected chi connectivity index (χ1v) is 7.14. The Bertz CT molecular complexity index is 602. The average Bonchev–Trinajstić information content (AvgIpc) is 2.55. The van der Waals surface area contributed by atoms with Crippen LogP contribution in [-0.2, 0) is 6.42 Å². The van der Waals surface area contributed by atoms with Gasteiger partial charge in [-0.1, -0.05) is 48.5 Å². The van der Waals surface area contributed by atoms with Gasteiger partial charge in [-0.3, -0.25) is 0 Å². The summed E-state index contributed by atoms with van der Waals surface area (Å²) in [5, 5.41) is 23.2. The van der Waals surface area contributed by atoms with Crippen molar-refractivity contribution < 1.29 is 15.0 Å². The standard InChI is InChI=1S/C17H20N2O3/c20-12-15(21)11-18-17(22)19-16-9-5-4-8-14(16)10-13-6-2-1-3-7-13/h1-9,15,20-21H,10-12H2,(H2,18,19,22). The van der Waals surface area contributed by atoms with E-state index >= 15 is 0 Å². The van der Waals surface area contributed by atoms with Crippen LogP contribution in [0.5, 0.6) is 0 Å². The SMILES string of the molecule is O=C(NCC(O)CO)Nc1ccccc1Cc1ccccc1. The number of carbonyl (C=O) groups is 1. The topological polar surface area (TPSA) is 81.6 Å². The van der Waals surface area contributed by atoms with Crippen LogP contribution in [-0.4, -0.2) is 35.5 Å². The number of hydrogen-bond acceptors (Lipinski definition) is 3. The molecule has 4 N–H and O–H groups in total. The van der Waals surface area contributed by atoms with E-state index in [0.29, 0.717) is 0 Å². The Hall–Kier alpha value is -2.37. The molecule has 2 amide bonds. The Balaban J connectivity index is 2.00. The van der Waals surface area contributed by atoms with Gasteiger partial charge in [0.15, 0.2) is 0 Å². The molecule has 2 aromatic carbocycles. The number of nitrogens with one attached hydrogen (secondary N) is 2. The summed E-state index contributed by atoms with van der Waals surface area (Å²) in [7, 11) is 0. The summed E-state index contributed by atoms with van der Waals surface area (Å²) in [6, 6.07) is 17.2. The van der Waals surface area contributed by atoms with E-state index in [2.05, 4.69) is 10.6 Å². The Morgan fingerprint density at radius 3 is 2.45 bits per heavy atom. The third kappa shape index (κ3) is 4.87. The largest absolute Gasteiger partial charge is 0.394 e. The van der Waals surface area contributed by atoms with Crippen molar-refractivity contribution in [2.75, 3.05) is 18.5 Å². The molecule has 0 spiro atoms. The average molecular weight is 300 g/mol. The molecule has 1 atom stereocenters. The van der Waals surface area contributed by atoms with Gasteiger partial charge in [-0.2, -0.15) is 0 Å². The first-order valence-electron chi connectivity index (χ1n) is 7.14. The van der Waals surface area contributed by atoms with Crippen molar-refractivity contribution in [1.82, 2.24) is 5.32 Å². The number of para-hydroxylation sites is 1. The summed E-state index contributed by atoms with van der Waals surface area (Å²) in [4.78, 5) is 11.8. The number of aliphatic hydroxyl groups is 2. The zero-order valence-electron chi connectivity index (χ0n) is 12.2. The molecule has 0 saturated carbocycles. The van der Waals surface area contributed by atoms with Gasteiger partial charge < -0.3 is 20.8 Å². The molecule has 0 heterocycles. The van der Waals surface area contributed by atoms with Crippen LogP contribution < -0.4 is 10.6 Å². The van der Waals surface area contributed by atoms with Crippen molar-refractivity contribution >= 4 is 11.7 Å². The highest BCUT2D eigenvalue weighted by Gasteiger charge is 2.08. The zero-order chi connectivity index (χ0) is 15.8. The van der Waals surface area contributed by atoms with E-state index < -0.39 is 12.1 Å². The number of rotatable bonds is 6. The normalized spacial score (nSPS) is 11.7. The quantitative estimate of drug-likeness (QED) is 0.656. The van der Waals surface area contributed by atoms with E-state index in [-0.39, 0.29) is 13.2 Å². The lowest BCUT2D eigenvalue weighted by molar-refractivity contribution is 0.0965. The highest BCUT2D eigenvalue weighted by atomic mass is 16.3. The van der Waals surface area contributed by atoms with Gasteiger partial charge in [-0.25, -0.2) is 4.79 Å². The molecule has 0 radical (unpaired) electrons.